The van der Waals surface area contributed by atoms with Crippen LogP contribution >= 0.6 is 22.6 Å². The number of hydrogen-bond donors (Lipinski definition) is 3. The third-order valence-electron chi connectivity index (χ3n) is 4.27. The second-order valence-electron chi connectivity index (χ2n) is 6.62. The average molecular weight is 552 g/mol. The van der Waals surface area contributed by atoms with Gasteiger partial charge in [0.1, 0.15) is 0 Å². The van der Waals surface area contributed by atoms with E-state index in [-0.39, 0.29) is 17.6 Å². The Morgan fingerprint density at radius 3 is 2.00 bits per heavy atom. The maximum atomic E-state index is 10.9. The van der Waals surface area contributed by atoms with Crippen LogP contribution in [0.5, 0.6) is 0 Å². The summed E-state index contributed by atoms with van der Waals surface area (Å²) in [4.78, 5) is 23.5. The van der Waals surface area contributed by atoms with Crippen LogP contribution in [0.4, 0.5) is 34.9 Å². The van der Waals surface area contributed by atoms with Gasteiger partial charge in [0.05, 0.1) is 11.1 Å². The zero-order valence-corrected chi connectivity index (χ0v) is 19.2. The summed E-state index contributed by atoms with van der Waals surface area (Å²) in [5.41, 5.74) is 5.17. The highest BCUT2D eigenvalue weighted by Crippen LogP contribution is 2.21. The fraction of sp³-hybridized carbons (Fsp3) is 0. The highest BCUT2D eigenvalue weighted by Gasteiger charge is 2.09. The van der Waals surface area contributed by atoms with E-state index >= 15 is 0 Å². The monoisotopic (exact) mass is 552 g/mol. The van der Waals surface area contributed by atoms with Crippen LogP contribution in [0, 0.1) is 13.7 Å². The standard InChI is InChI=1S/C22H17IN8O2/c23-19-9-5-4-6-15(19)14-24-30-22-28-20(25-16-7-2-1-3-8-16)27-21(29-22)26-17-10-12-18(13-11-17)31(32)33/h1-14H,(H3,25,26,27,28,29,30)/b24-14+. The Morgan fingerprint density at radius 1 is 0.788 bits per heavy atom. The minimum atomic E-state index is -0.456. The van der Waals surface area contributed by atoms with Gasteiger partial charge in [0, 0.05) is 32.6 Å². The molecule has 3 aromatic carbocycles. The molecule has 10 nitrogen and oxygen atoms in total. The van der Waals surface area contributed by atoms with Gasteiger partial charge in [-0.3, -0.25) is 10.1 Å². The first kappa shape index (κ1) is 22.1. The second-order valence-corrected chi connectivity index (χ2v) is 7.78. The van der Waals surface area contributed by atoms with Crippen molar-refractivity contribution in [1.82, 2.24) is 15.0 Å². The van der Waals surface area contributed by atoms with Gasteiger partial charge >= 0.3 is 0 Å². The Bertz CT molecular complexity index is 1280. The van der Waals surface area contributed by atoms with Gasteiger partial charge in [-0.15, -0.1) is 0 Å². The number of hydrogen-bond acceptors (Lipinski definition) is 9. The number of rotatable bonds is 8. The lowest BCUT2D eigenvalue weighted by atomic mass is 10.2. The summed E-state index contributed by atoms with van der Waals surface area (Å²) in [6.07, 6.45) is 1.68. The Morgan fingerprint density at radius 2 is 1.36 bits per heavy atom. The van der Waals surface area contributed by atoms with E-state index < -0.39 is 4.92 Å². The van der Waals surface area contributed by atoms with Gasteiger partial charge in [-0.1, -0.05) is 36.4 Å². The molecular formula is C22H17IN8O2. The summed E-state index contributed by atoms with van der Waals surface area (Å²) < 4.78 is 1.06. The van der Waals surface area contributed by atoms with Gasteiger partial charge in [0.15, 0.2) is 0 Å². The highest BCUT2D eigenvalue weighted by molar-refractivity contribution is 14.1. The van der Waals surface area contributed by atoms with E-state index in [1.165, 1.54) is 12.1 Å². The van der Waals surface area contributed by atoms with Crippen molar-refractivity contribution < 1.29 is 4.92 Å². The highest BCUT2D eigenvalue weighted by atomic mass is 127. The van der Waals surface area contributed by atoms with Gasteiger partial charge in [0.2, 0.25) is 17.8 Å². The number of anilines is 5. The molecule has 0 fully saturated rings. The van der Waals surface area contributed by atoms with Crippen molar-refractivity contribution in [3.05, 3.63) is 98.1 Å². The van der Waals surface area contributed by atoms with Gasteiger partial charge in [-0.2, -0.15) is 20.1 Å². The maximum absolute atomic E-state index is 10.9. The average Bonchev–Trinajstić information content (AvgIpc) is 2.81. The Hall–Kier alpha value is -4.13. The lowest BCUT2D eigenvalue weighted by Crippen LogP contribution is -2.07. The van der Waals surface area contributed by atoms with E-state index in [4.69, 9.17) is 0 Å². The van der Waals surface area contributed by atoms with E-state index in [0.29, 0.717) is 11.6 Å². The summed E-state index contributed by atoms with van der Waals surface area (Å²) in [5.74, 6) is 0.756. The fourth-order valence-corrected chi connectivity index (χ4v) is 3.25. The van der Waals surface area contributed by atoms with Crippen LogP contribution in [0.15, 0.2) is 84.0 Å². The van der Waals surface area contributed by atoms with Gasteiger partial charge in [-0.25, -0.2) is 5.43 Å². The van der Waals surface area contributed by atoms with Crippen LogP contribution < -0.4 is 16.1 Å². The van der Waals surface area contributed by atoms with Crippen LogP contribution in [-0.4, -0.2) is 26.1 Å². The zero-order valence-electron chi connectivity index (χ0n) is 17.0. The first-order valence-corrected chi connectivity index (χ1v) is 10.8. The number of nitrogens with zero attached hydrogens (tertiary/aromatic N) is 5. The molecule has 3 N–H and O–H groups in total. The smallest absolute Gasteiger partial charge is 0.269 e. The van der Waals surface area contributed by atoms with Crippen molar-refractivity contribution in [2.75, 3.05) is 16.1 Å². The quantitative estimate of drug-likeness (QED) is 0.116. The van der Waals surface area contributed by atoms with E-state index in [1.54, 1.807) is 18.3 Å². The first-order valence-electron chi connectivity index (χ1n) is 9.70. The van der Waals surface area contributed by atoms with Crippen LogP contribution in [0.2, 0.25) is 0 Å². The molecule has 0 saturated heterocycles. The number of non-ortho nitro benzene ring substituents is 1. The molecule has 0 aliphatic carbocycles. The third-order valence-corrected chi connectivity index (χ3v) is 5.26. The zero-order chi connectivity index (χ0) is 23.0. The second kappa shape index (κ2) is 10.5. The number of nitro benzene ring substituents is 1. The molecule has 0 amide bonds. The van der Waals surface area contributed by atoms with E-state index in [0.717, 1.165) is 14.8 Å². The minimum absolute atomic E-state index is 0.00475. The van der Waals surface area contributed by atoms with E-state index in [9.17, 15) is 10.1 Å². The largest absolute Gasteiger partial charge is 0.324 e. The minimum Gasteiger partial charge on any atom is -0.324 e. The van der Waals surface area contributed by atoms with Crippen molar-refractivity contribution in [2.24, 2.45) is 5.10 Å². The number of hydrazone groups is 1. The number of halogens is 1. The van der Waals surface area contributed by atoms with Crippen LogP contribution in [-0.2, 0) is 0 Å². The molecule has 0 aliphatic heterocycles. The molecule has 11 heteroatoms. The summed E-state index contributed by atoms with van der Waals surface area (Å²) in [5, 5.41) is 21.3. The molecule has 1 aromatic heterocycles. The van der Waals surface area contributed by atoms with E-state index in [2.05, 4.69) is 58.7 Å². The van der Waals surface area contributed by atoms with Crippen molar-refractivity contribution >= 4 is 63.7 Å². The molecule has 0 atom stereocenters. The molecule has 0 aliphatic rings. The molecule has 1 heterocycles. The lowest BCUT2D eigenvalue weighted by Gasteiger charge is -2.10. The van der Waals surface area contributed by atoms with Crippen LogP contribution in [0.3, 0.4) is 0 Å². The summed E-state index contributed by atoms with van der Waals surface area (Å²) in [7, 11) is 0. The van der Waals surface area contributed by atoms with Crippen LogP contribution in [0.25, 0.3) is 0 Å². The van der Waals surface area contributed by atoms with Gasteiger partial charge < -0.3 is 10.6 Å². The number of aromatic nitrogens is 3. The Balaban J connectivity index is 1.58. The third kappa shape index (κ3) is 6.20. The fourth-order valence-electron chi connectivity index (χ4n) is 2.72. The van der Waals surface area contributed by atoms with Crippen LogP contribution in [0.1, 0.15) is 5.56 Å². The summed E-state index contributed by atoms with van der Waals surface area (Å²) in [6.45, 7) is 0. The summed E-state index contributed by atoms with van der Waals surface area (Å²) >= 11 is 2.23. The van der Waals surface area contributed by atoms with Crippen molar-refractivity contribution in [3.8, 4) is 0 Å². The Labute approximate surface area is 202 Å². The first-order chi connectivity index (χ1) is 16.1. The normalized spacial score (nSPS) is 10.7. The van der Waals surface area contributed by atoms with Gasteiger partial charge in [-0.05, 0) is 52.9 Å². The predicted octanol–water partition coefficient (Wildman–Crippen LogP) is 5.32. The number of benzene rings is 3. The Kier molecular flexibility index (Phi) is 6.99. The van der Waals surface area contributed by atoms with Crippen molar-refractivity contribution in [3.63, 3.8) is 0 Å². The lowest BCUT2D eigenvalue weighted by molar-refractivity contribution is -0.384. The SMILES string of the molecule is O=[N+]([O-])c1ccc(Nc2nc(N/N=C/c3ccccc3I)nc(Nc3ccccc3)n2)cc1. The topological polar surface area (TPSA) is 130 Å². The van der Waals surface area contributed by atoms with Crippen molar-refractivity contribution in [1.29, 1.82) is 0 Å². The molecule has 0 spiro atoms. The van der Waals surface area contributed by atoms with E-state index in [1.807, 2.05) is 54.6 Å². The number of para-hydroxylation sites is 1. The molecular weight excluding hydrogens is 535 g/mol. The molecule has 164 valence electrons. The molecule has 4 aromatic rings. The number of nitro groups is 1. The molecule has 33 heavy (non-hydrogen) atoms. The number of nitrogens with one attached hydrogen (secondary N) is 3. The molecule has 4 rings (SSSR count). The molecule has 0 unspecified atom stereocenters. The molecule has 0 saturated carbocycles. The molecule has 0 radical (unpaired) electrons. The van der Waals surface area contributed by atoms with Crippen molar-refractivity contribution in [2.45, 2.75) is 0 Å². The molecule has 0 bridgehead atoms. The predicted molar refractivity (Wildman–Crippen MR) is 136 cm³/mol. The van der Waals surface area contributed by atoms with Gasteiger partial charge in [0.25, 0.3) is 5.69 Å². The summed E-state index contributed by atoms with van der Waals surface area (Å²) in [6, 6.07) is 23.2. The maximum Gasteiger partial charge on any atom is 0.269 e.